The summed E-state index contributed by atoms with van der Waals surface area (Å²) >= 11 is 0. The highest BCUT2D eigenvalue weighted by Crippen LogP contribution is 2.86. The minimum absolute atomic E-state index is 0.145. The molecular formula is C15H22O3. The summed E-state index contributed by atoms with van der Waals surface area (Å²) in [7, 11) is 0. The molecule has 4 aliphatic carbocycles. The van der Waals surface area contributed by atoms with Crippen LogP contribution in [0.2, 0.25) is 0 Å². The first kappa shape index (κ1) is 12.2. The number of Topliss-reactive ketones (excluding diaryl/α,β-unsaturated/α-hetero) is 1. The Balaban J connectivity index is 1.67. The van der Waals surface area contributed by atoms with Gasteiger partial charge in [-0.05, 0) is 41.4 Å². The van der Waals surface area contributed by atoms with Crippen LogP contribution in [0.1, 0.15) is 46.5 Å². The number of hydrogen-bond acceptors (Lipinski definition) is 2. The highest BCUT2D eigenvalue weighted by Gasteiger charge is 2.81. The van der Waals surface area contributed by atoms with Crippen molar-refractivity contribution in [1.29, 1.82) is 0 Å². The lowest BCUT2D eigenvalue weighted by Crippen LogP contribution is -2.31. The second kappa shape index (κ2) is 3.37. The molecule has 0 heterocycles. The monoisotopic (exact) mass is 250 g/mol. The maximum atomic E-state index is 12.1. The van der Waals surface area contributed by atoms with Crippen molar-refractivity contribution in [2.45, 2.75) is 46.5 Å². The van der Waals surface area contributed by atoms with Crippen LogP contribution >= 0.6 is 0 Å². The summed E-state index contributed by atoms with van der Waals surface area (Å²) in [6.07, 6.45) is 3.40. The van der Waals surface area contributed by atoms with Gasteiger partial charge in [0.25, 0.3) is 0 Å². The van der Waals surface area contributed by atoms with Gasteiger partial charge in [-0.2, -0.15) is 0 Å². The smallest absolute Gasteiger partial charge is 0.306 e. The molecule has 4 fully saturated rings. The van der Waals surface area contributed by atoms with Crippen LogP contribution in [0.15, 0.2) is 0 Å². The van der Waals surface area contributed by atoms with Crippen molar-refractivity contribution in [1.82, 2.24) is 0 Å². The van der Waals surface area contributed by atoms with E-state index in [2.05, 4.69) is 13.8 Å². The van der Waals surface area contributed by atoms with Gasteiger partial charge in [0.1, 0.15) is 5.78 Å². The SMILES string of the molecule is C[C@@H](CC(=O)C[C@@]1(C)C2C[C@@H]3[C@H](C2)C31C)C(=O)O. The molecule has 3 heteroatoms. The summed E-state index contributed by atoms with van der Waals surface area (Å²) in [4.78, 5) is 22.9. The van der Waals surface area contributed by atoms with Crippen LogP contribution in [-0.2, 0) is 9.59 Å². The van der Waals surface area contributed by atoms with Crippen molar-refractivity contribution in [3.8, 4) is 0 Å². The van der Waals surface area contributed by atoms with Crippen molar-refractivity contribution in [2.24, 2.45) is 34.5 Å². The molecule has 1 N–H and O–H groups in total. The zero-order chi connectivity index (χ0) is 13.3. The van der Waals surface area contributed by atoms with Gasteiger partial charge >= 0.3 is 5.97 Å². The number of carboxylic acid groups (broad SMARTS) is 1. The van der Waals surface area contributed by atoms with Crippen LogP contribution in [0.5, 0.6) is 0 Å². The third-order valence-corrected chi connectivity index (χ3v) is 6.65. The van der Waals surface area contributed by atoms with E-state index in [-0.39, 0.29) is 17.6 Å². The Morgan fingerprint density at radius 3 is 2.22 bits per heavy atom. The molecule has 100 valence electrons. The van der Waals surface area contributed by atoms with E-state index in [1.54, 1.807) is 6.92 Å². The molecule has 0 aromatic carbocycles. The Morgan fingerprint density at radius 2 is 1.83 bits per heavy atom. The Bertz CT molecular complexity index is 415. The van der Waals surface area contributed by atoms with Crippen LogP contribution in [0, 0.1) is 34.5 Å². The fourth-order valence-corrected chi connectivity index (χ4v) is 5.28. The van der Waals surface area contributed by atoms with E-state index < -0.39 is 11.9 Å². The number of carboxylic acids is 1. The fourth-order valence-electron chi connectivity index (χ4n) is 5.28. The number of ketones is 1. The molecule has 0 radical (unpaired) electrons. The maximum Gasteiger partial charge on any atom is 0.306 e. The van der Waals surface area contributed by atoms with Gasteiger partial charge in [0.05, 0.1) is 5.92 Å². The molecule has 0 saturated heterocycles. The summed E-state index contributed by atoms with van der Waals surface area (Å²) < 4.78 is 0. The predicted molar refractivity (Wildman–Crippen MR) is 67.0 cm³/mol. The van der Waals surface area contributed by atoms with Gasteiger partial charge in [-0.1, -0.05) is 20.8 Å². The number of carbonyl (C=O) groups excluding carboxylic acids is 1. The van der Waals surface area contributed by atoms with Crippen LogP contribution in [-0.4, -0.2) is 16.9 Å². The molecule has 0 aromatic rings. The number of hydrogen-bond donors (Lipinski definition) is 1. The van der Waals surface area contributed by atoms with E-state index >= 15 is 0 Å². The van der Waals surface area contributed by atoms with Crippen molar-refractivity contribution in [3.05, 3.63) is 0 Å². The number of rotatable bonds is 5. The molecule has 0 spiro atoms. The van der Waals surface area contributed by atoms with Gasteiger partial charge in [-0.15, -0.1) is 0 Å². The molecule has 4 rings (SSSR count). The van der Waals surface area contributed by atoms with Crippen molar-refractivity contribution in [3.63, 3.8) is 0 Å². The zero-order valence-corrected chi connectivity index (χ0v) is 11.4. The van der Waals surface area contributed by atoms with E-state index in [1.165, 1.54) is 12.8 Å². The lowest BCUT2D eigenvalue weighted by molar-refractivity contribution is -0.143. The van der Waals surface area contributed by atoms with Gasteiger partial charge in [0.15, 0.2) is 0 Å². The van der Waals surface area contributed by atoms with E-state index in [0.717, 1.165) is 11.8 Å². The molecule has 0 amide bonds. The van der Waals surface area contributed by atoms with E-state index in [0.29, 0.717) is 17.8 Å². The molecule has 18 heavy (non-hydrogen) atoms. The quantitative estimate of drug-likeness (QED) is 0.816. The second-order valence-electron chi connectivity index (χ2n) is 7.24. The Kier molecular flexibility index (Phi) is 2.28. The second-order valence-corrected chi connectivity index (χ2v) is 7.24. The average molecular weight is 250 g/mol. The molecule has 0 aliphatic heterocycles. The van der Waals surface area contributed by atoms with Gasteiger partial charge < -0.3 is 5.11 Å². The third kappa shape index (κ3) is 1.25. The summed E-state index contributed by atoms with van der Waals surface area (Å²) in [6.45, 7) is 6.25. The highest BCUT2D eigenvalue weighted by atomic mass is 16.4. The van der Waals surface area contributed by atoms with E-state index in [9.17, 15) is 9.59 Å². The lowest BCUT2D eigenvalue weighted by Gasteiger charge is -2.33. The van der Waals surface area contributed by atoms with Crippen LogP contribution in [0.4, 0.5) is 0 Å². The van der Waals surface area contributed by atoms with Crippen LogP contribution in [0.25, 0.3) is 0 Å². The largest absolute Gasteiger partial charge is 0.481 e. The minimum Gasteiger partial charge on any atom is -0.481 e. The topological polar surface area (TPSA) is 54.4 Å². The van der Waals surface area contributed by atoms with E-state index in [4.69, 9.17) is 5.11 Å². The molecule has 6 atom stereocenters. The Morgan fingerprint density at radius 1 is 1.28 bits per heavy atom. The summed E-state index contributed by atoms with van der Waals surface area (Å²) in [5.74, 6) is 1.17. The van der Waals surface area contributed by atoms with Gasteiger partial charge in [0.2, 0.25) is 0 Å². The van der Waals surface area contributed by atoms with Crippen LogP contribution < -0.4 is 0 Å². The fraction of sp³-hybridized carbons (Fsp3) is 0.867. The molecule has 4 aliphatic rings. The molecule has 4 saturated carbocycles. The number of carbonyl (C=O) groups is 2. The first-order valence-electron chi connectivity index (χ1n) is 7.05. The lowest BCUT2D eigenvalue weighted by atomic mass is 9.70. The zero-order valence-electron chi connectivity index (χ0n) is 11.4. The van der Waals surface area contributed by atoms with Gasteiger partial charge in [-0.3, -0.25) is 9.59 Å². The van der Waals surface area contributed by atoms with Crippen molar-refractivity contribution < 1.29 is 14.7 Å². The molecule has 2 unspecified atom stereocenters. The van der Waals surface area contributed by atoms with Crippen molar-refractivity contribution in [2.75, 3.05) is 0 Å². The maximum absolute atomic E-state index is 12.1. The summed E-state index contributed by atoms with van der Waals surface area (Å²) in [6, 6.07) is 0. The van der Waals surface area contributed by atoms with Crippen LogP contribution in [0.3, 0.4) is 0 Å². The first-order chi connectivity index (χ1) is 8.30. The molecule has 0 aromatic heterocycles. The van der Waals surface area contributed by atoms with Gasteiger partial charge in [0, 0.05) is 12.8 Å². The minimum atomic E-state index is -0.861. The molecule has 3 nitrogen and oxygen atoms in total. The highest BCUT2D eigenvalue weighted by molar-refractivity contribution is 5.84. The summed E-state index contributed by atoms with van der Waals surface area (Å²) in [5.41, 5.74) is 0.539. The normalized spacial score (nSPS) is 49.2. The Labute approximate surface area is 108 Å². The molecule has 4 bridgehead atoms. The van der Waals surface area contributed by atoms with E-state index in [1.807, 2.05) is 0 Å². The summed E-state index contributed by atoms with van der Waals surface area (Å²) in [5, 5.41) is 8.87. The molecular weight excluding hydrogens is 228 g/mol. The predicted octanol–water partition coefficient (Wildman–Crippen LogP) is 2.74. The third-order valence-electron chi connectivity index (χ3n) is 6.65. The first-order valence-corrected chi connectivity index (χ1v) is 7.05. The van der Waals surface area contributed by atoms with Gasteiger partial charge in [-0.25, -0.2) is 0 Å². The number of aliphatic carboxylic acids is 1. The standard InChI is InChI=1S/C15H22O3/c1-8(13(17)18)4-10(16)7-14(2)9-5-11-12(6-9)15(11,14)3/h8-9,11-12H,4-7H2,1-3H3,(H,17,18)/t8-,9?,11-,12+,14-,15?/m0/s1. The van der Waals surface area contributed by atoms with Crippen molar-refractivity contribution >= 4 is 11.8 Å². The Hall–Kier alpha value is -0.860. The average Bonchev–Trinajstić information content (AvgIpc) is 2.64.